The van der Waals surface area contributed by atoms with Gasteiger partial charge in [0, 0.05) is 19.4 Å². The maximum Gasteiger partial charge on any atom is 0.146 e. The number of ketones is 1. The number of rotatable bonds is 10. The van der Waals surface area contributed by atoms with Crippen LogP contribution in [-0.2, 0) is 14.3 Å². The number of fused-ring (bicyclic) bond motifs is 5. The van der Waals surface area contributed by atoms with Crippen LogP contribution >= 0.6 is 0 Å². The Balaban J connectivity index is 1.31. The molecule has 0 amide bonds. The molecule has 0 aromatic rings. The SMILES string of the molecule is CCOCOCCC(=O)CCC(C)C1CCC2C3CCC4CC(O)CCC4(C)C3CCC12C. The quantitative estimate of drug-likeness (QED) is 0.302. The van der Waals surface area contributed by atoms with Crippen molar-refractivity contribution in [3.63, 3.8) is 0 Å². The molecule has 4 aliphatic carbocycles. The molecule has 0 bridgehead atoms. The molecule has 9 unspecified atom stereocenters. The van der Waals surface area contributed by atoms with Gasteiger partial charge < -0.3 is 14.6 Å². The van der Waals surface area contributed by atoms with Crippen molar-refractivity contribution in [3.05, 3.63) is 0 Å². The second kappa shape index (κ2) is 10.7. The molecule has 0 aliphatic heterocycles. The summed E-state index contributed by atoms with van der Waals surface area (Å²) in [5.74, 6) is 5.11. The van der Waals surface area contributed by atoms with Crippen molar-refractivity contribution in [1.29, 1.82) is 0 Å². The predicted octanol–water partition coefficient (Wildman–Crippen LogP) is 6.39. The highest BCUT2D eigenvalue weighted by atomic mass is 16.7. The van der Waals surface area contributed by atoms with E-state index < -0.39 is 0 Å². The predicted molar refractivity (Wildman–Crippen MR) is 132 cm³/mol. The van der Waals surface area contributed by atoms with E-state index in [1.54, 1.807) is 0 Å². The van der Waals surface area contributed by atoms with Gasteiger partial charge in [-0.2, -0.15) is 0 Å². The van der Waals surface area contributed by atoms with Crippen LogP contribution in [0.25, 0.3) is 0 Å². The van der Waals surface area contributed by atoms with E-state index in [0.29, 0.717) is 55.4 Å². The largest absolute Gasteiger partial charge is 0.393 e. The number of carbonyl (C=O) groups is 1. The number of aliphatic hydroxyl groups excluding tert-OH is 1. The van der Waals surface area contributed by atoms with Gasteiger partial charge in [0.2, 0.25) is 0 Å². The lowest BCUT2D eigenvalue weighted by Gasteiger charge is -2.61. The van der Waals surface area contributed by atoms with Crippen molar-refractivity contribution < 1.29 is 19.4 Å². The Morgan fingerprint density at radius 2 is 1.73 bits per heavy atom. The summed E-state index contributed by atoms with van der Waals surface area (Å²) in [4.78, 5) is 12.4. The van der Waals surface area contributed by atoms with E-state index in [0.717, 1.165) is 48.9 Å². The van der Waals surface area contributed by atoms with Gasteiger partial charge in [0.15, 0.2) is 0 Å². The number of hydrogen-bond donors (Lipinski definition) is 1. The number of ether oxygens (including phenoxy) is 2. The summed E-state index contributed by atoms with van der Waals surface area (Å²) in [5.41, 5.74) is 0.922. The molecular formula is C29H50O4. The van der Waals surface area contributed by atoms with E-state index in [-0.39, 0.29) is 6.10 Å². The fraction of sp³-hybridized carbons (Fsp3) is 0.966. The molecule has 4 saturated carbocycles. The monoisotopic (exact) mass is 462 g/mol. The van der Waals surface area contributed by atoms with Crippen LogP contribution in [-0.4, -0.2) is 37.0 Å². The minimum atomic E-state index is -0.0517. The first-order valence-electron chi connectivity index (χ1n) is 14.1. The lowest BCUT2D eigenvalue weighted by atomic mass is 9.44. The smallest absolute Gasteiger partial charge is 0.146 e. The summed E-state index contributed by atoms with van der Waals surface area (Å²) in [7, 11) is 0. The van der Waals surface area contributed by atoms with Crippen molar-refractivity contribution in [3.8, 4) is 0 Å². The van der Waals surface area contributed by atoms with E-state index in [4.69, 9.17) is 9.47 Å². The Labute approximate surface area is 202 Å². The molecule has 4 nitrogen and oxygen atoms in total. The third-order valence-electron chi connectivity index (χ3n) is 11.2. The van der Waals surface area contributed by atoms with Crippen molar-refractivity contribution in [2.24, 2.45) is 46.3 Å². The molecule has 4 rings (SSSR count). The van der Waals surface area contributed by atoms with Crippen LogP contribution in [0.15, 0.2) is 0 Å². The van der Waals surface area contributed by atoms with Gasteiger partial charge >= 0.3 is 0 Å². The number of aliphatic hydroxyl groups is 1. The fourth-order valence-electron chi connectivity index (χ4n) is 9.31. The first-order valence-corrected chi connectivity index (χ1v) is 14.1. The summed E-state index contributed by atoms with van der Waals surface area (Å²) >= 11 is 0. The number of Topliss-reactive ketones (excluding diaryl/α,β-unsaturated/α-hetero) is 1. The topological polar surface area (TPSA) is 55.8 Å². The van der Waals surface area contributed by atoms with Crippen LogP contribution in [0.5, 0.6) is 0 Å². The Morgan fingerprint density at radius 1 is 0.970 bits per heavy atom. The van der Waals surface area contributed by atoms with Crippen molar-refractivity contribution >= 4 is 5.78 Å². The van der Waals surface area contributed by atoms with Crippen LogP contribution in [0.1, 0.15) is 105 Å². The lowest BCUT2D eigenvalue weighted by molar-refractivity contribution is -0.130. The van der Waals surface area contributed by atoms with Crippen LogP contribution in [0.4, 0.5) is 0 Å². The zero-order valence-corrected chi connectivity index (χ0v) is 21.8. The molecule has 33 heavy (non-hydrogen) atoms. The van der Waals surface area contributed by atoms with E-state index in [1.807, 2.05) is 6.92 Å². The number of carbonyl (C=O) groups excluding carboxylic acids is 1. The fourth-order valence-corrected chi connectivity index (χ4v) is 9.31. The first-order chi connectivity index (χ1) is 15.8. The summed E-state index contributed by atoms with van der Waals surface area (Å²) in [6.45, 7) is 11.0. The molecule has 4 heteroatoms. The van der Waals surface area contributed by atoms with Crippen LogP contribution in [0.3, 0.4) is 0 Å². The molecule has 0 radical (unpaired) electrons. The molecule has 4 fully saturated rings. The van der Waals surface area contributed by atoms with Gasteiger partial charge in [0.05, 0.1) is 12.7 Å². The van der Waals surface area contributed by atoms with Gasteiger partial charge in [0.1, 0.15) is 12.6 Å². The lowest BCUT2D eigenvalue weighted by Crippen LogP contribution is -2.54. The molecule has 0 aromatic carbocycles. The summed E-state index contributed by atoms with van der Waals surface area (Å²) < 4.78 is 10.6. The standard InChI is InChI=1S/C29H50O4/c1-5-32-19-33-17-14-22(30)8-6-20(2)25-10-11-26-24-9-7-21-18-23(31)12-15-28(21,3)27(24)13-16-29(25,26)4/h20-21,23-27,31H,5-19H2,1-4H3. The van der Waals surface area contributed by atoms with E-state index >= 15 is 0 Å². The Hall–Kier alpha value is -0.450. The van der Waals surface area contributed by atoms with Gasteiger partial charge in [-0.05, 0) is 117 Å². The van der Waals surface area contributed by atoms with Crippen LogP contribution in [0, 0.1) is 46.3 Å². The second-order valence-electron chi connectivity index (χ2n) is 12.6. The van der Waals surface area contributed by atoms with Gasteiger partial charge in [0.25, 0.3) is 0 Å². The molecule has 0 heterocycles. The maximum absolute atomic E-state index is 12.4. The van der Waals surface area contributed by atoms with Gasteiger partial charge in [-0.3, -0.25) is 4.79 Å². The highest BCUT2D eigenvalue weighted by Gasteiger charge is 2.60. The zero-order valence-electron chi connectivity index (χ0n) is 21.8. The van der Waals surface area contributed by atoms with Gasteiger partial charge in [-0.15, -0.1) is 0 Å². The Morgan fingerprint density at radius 3 is 2.52 bits per heavy atom. The highest BCUT2D eigenvalue weighted by Crippen LogP contribution is 2.68. The maximum atomic E-state index is 12.4. The minimum absolute atomic E-state index is 0.0517. The Kier molecular flexibility index (Phi) is 8.28. The van der Waals surface area contributed by atoms with Crippen LogP contribution in [0.2, 0.25) is 0 Å². The molecule has 9 atom stereocenters. The van der Waals surface area contributed by atoms with Crippen LogP contribution < -0.4 is 0 Å². The van der Waals surface area contributed by atoms with Gasteiger partial charge in [-0.25, -0.2) is 0 Å². The number of hydrogen-bond acceptors (Lipinski definition) is 4. The molecule has 1 N–H and O–H groups in total. The first kappa shape index (κ1) is 25.6. The average molecular weight is 463 g/mol. The average Bonchev–Trinajstić information content (AvgIpc) is 3.15. The second-order valence-corrected chi connectivity index (χ2v) is 12.6. The van der Waals surface area contributed by atoms with Crippen molar-refractivity contribution in [1.82, 2.24) is 0 Å². The minimum Gasteiger partial charge on any atom is -0.393 e. The third-order valence-corrected chi connectivity index (χ3v) is 11.2. The molecule has 4 aliphatic rings. The molecule has 190 valence electrons. The Bertz CT molecular complexity index is 664. The molecular weight excluding hydrogens is 412 g/mol. The third kappa shape index (κ3) is 5.09. The summed E-state index contributed by atoms with van der Waals surface area (Å²) in [6, 6.07) is 0. The molecule has 0 saturated heterocycles. The summed E-state index contributed by atoms with van der Waals surface area (Å²) in [5, 5.41) is 10.3. The van der Waals surface area contributed by atoms with Gasteiger partial charge in [-0.1, -0.05) is 20.8 Å². The van der Waals surface area contributed by atoms with E-state index in [1.165, 1.54) is 44.9 Å². The van der Waals surface area contributed by atoms with E-state index in [2.05, 4.69) is 20.8 Å². The zero-order chi connectivity index (χ0) is 23.6. The molecule has 0 aromatic heterocycles. The molecule has 0 spiro atoms. The summed E-state index contributed by atoms with van der Waals surface area (Å²) in [6.07, 6.45) is 13.7. The van der Waals surface area contributed by atoms with E-state index in [9.17, 15) is 9.90 Å². The highest BCUT2D eigenvalue weighted by molar-refractivity contribution is 5.78. The van der Waals surface area contributed by atoms with Crippen molar-refractivity contribution in [2.45, 2.75) is 111 Å². The normalized spacial score (nSPS) is 43.4. The van der Waals surface area contributed by atoms with Crippen molar-refractivity contribution in [2.75, 3.05) is 20.0 Å².